The third-order valence-electron chi connectivity index (χ3n) is 5.72. The van der Waals surface area contributed by atoms with Crippen LogP contribution in [0.25, 0.3) is 6.08 Å². The highest BCUT2D eigenvalue weighted by Gasteiger charge is 2.37. The quantitative estimate of drug-likeness (QED) is 0.211. The standard InChI is InChI=1S/C29H24Cl2N2O4/c1-4-5-20-13-19(6-9-26(20)37-16-21-7-8-22(30)15-25(21)31)14-24-27(34)32-29(36)33(28(24)35)23-11-17(2)10-18(3)12-23/h4,6-15H,1,5,16H2,2-3H3,(H,32,34,36)/b24-14+. The van der Waals surface area contributed by atoms with Gasteiger partial charge in [0.15, 0.2) is 0 Å². The van der Waals surface area contributed by atoms with E-state index in [1.54, 1.807) is 48.5 Å². The number of rotatable bonds is 7. The number of halogens is 2. The van der Waals surface area contributed by atoms with E-state index in [4.69, 9.17) is 27.9 Å². The minimum absolute atomic E-state index is 0.148. The smallest absolute Gasteiger partial charge is 0.335 e. The zero-order chi connectivity index (χ0) is 26.7. The number of anilines is 1. The molecule has 1 aliphatic heterocycles. The summed E-state index contributed by atoms with van der Waals surface area (Å²) in [6.07, 6.45) is 3.69. The topological polar surface area (TPSA) is 75.7 Å². The zero-order valence-electron chi connectivity index (χ0n) is 20.3. The molecule has 1 heterocycles. The van der Waals surface area contributed by atoms with Gasteiger partial charge in [-0.1, -0.05) is 47.5 Å². The van der Waals surface area contributed by atoms with Gasteiger partial charge in [-0.2, -0.15) is 0 Å². The molecule has 8 heteroatoms. The molecule has 0 spiro atoms. The number of hydrogen-bond donors (Lipinski definition) is 1. The van der Waals surface area contributed by atoms with Crippen LogP contribution < -0.4 is 15.0 Å². The first-order valence-corrected chi connectivity index (χ1v) is 12.2. The predicted molar refractivity (Wildman–Crippen MR) is 146 cm³/mol. The van der Waals surface area contributed by atoms with Crippen molar-refractivity contribution in [3.05, 3.63) is 111 Å². The molecule has 1 fully saturated rings. The van der Waals surface area contributed by atoms with Crippen molar-refractivity contribution < 1.29 is 19.1 Å². The van der Waals surface area contributed by atoms with E-state index in [1.165, 1.54) is 6.08 Å². The molecule has 0 bridgehead atoms. The molecule has 0 saturated carbocycles. The molecule has 1 N–H and O–H groups in total. The number of nitrogens with one attached hydrogen (secondary N) is 1. The van der Waals surface area contributed by atoms with Crippen molar-refractivity contribution >= 4 is 52.8 Å². The number of ether oxygens (including phenoxy) is 1. The highest BCUT2D eigenvalue weighted by atomic mass is 35.5. The van der Waals surface area contributed by atoms with Gasteiger partial charge in [0.05, 0.1) is 5.69 Å². The Morgan fingerprint density at radius 2 is 1.68 bits per heavy atom. The van der Waals surface area contributed by atoms with Crippen LogP contribution in [0.1, 0.15) is 27.8 Å². The van der Waals surface area contributed by atoms with E-state index in [1.807, 2.05) is 26.0 Å². The average Bonchev–Trinajstić information content (AvgIpc) is 2.81. The summed E-state index contributed by atoms with van der Waals surface area (Å²) in [5.41, 5.74) is 4.22. The summed E-state index contributed by atoms with van der Waals surface area (Å²) in [5.74, 6) is -0.833. The third kappa shape index (κ3) is 5.93. The molecule has 6 nitrogen and oxygen atoms in total. The van der Waals surface area contributed by atoms with Crippen molar-refractivity contribution in [2.45, 2.75) is 26.9 Å². The molecular formula is C29H24Cl2N2O4. The molecule has 1 aliphatic rings. The number of urea groups is 1. The van der Waals surface area contributed by atoms with Crippen LogP contribution in [0.2, 0.25) is 10.0 Å². The summed E-state index contributed by atoms with van der Waals surface area (Å²) >= 11 is 12.2. The Balaban J connectivity index is 1.63. The lowest BCUT2D eigenvalue weighted by Crippen LogP contribution is -2.54. The number of imide groups is 2. The Morgan fingerprint density at radius 1 is 0.946 bits per heavy atom. The number of barbiturate groups is 1. The van der Waals surface area contributed by atoms with Crippen molar-refractivity contribution in [1.82, 2.24) is 5.32 Å². The summed E-state index contributed by atoms with van der Waals surface area (Å²) in [7, 11) is 0. The van der Waals surface area contributed by atoms with Crippen molar-refractivity contribution in [3.8, 4) is 5.75 Å². The Kier molecular flexibility index (Phi) is 7.81. The molecule has 0 unspecified atom stereocenters. The van der Waals surface area contributed by atoms with E-state index in [0.717, 1.165) is 27.2 Å². The van der Waals surface area contributed by atoms with E-state index in [0.29, 0.717) is 33.5 Å². The second-order valence-corrected chi connectivity index (χ2v) is 9.53. The fourth-order valence-corrected chi connectivity index (χ4v) is 4.54. The van der Waals surface area contributed by atoms with Crippen molar-refractivity contribution in [1.29, 1.82) is 0 Å². The largest absolute Gasteiger partial charge is 0.489 e. The Hall–Kier alpha value is -3.87. The van der Waals surface area contributed by atoms with Crippen LogP contribution in [0.15, 0.2) is 72.8 Å². The molecule has 0 aliphatic carbocycles. The van der Waals surface area contributed by atoms with E-state index >= 15 is 0 Å². The number of hydrogen-bond acceptors (Lipinski definition) is 4. The molecule has 1 saturated heterocycles. The van der Waals surface area contributed by atoms with E-state index in [-0.39, 0.29) is 12.2 Å². The lowest BCUT2D eigenvalue weighted by Gasteiger charge is -2.27. The maximum absolute atomic E-state index is 13.3. The Morgan fingerprint density at radius 3 is 2.35 bits per heavy atom. The summed E-state index contributed by atoms with van der Waals surface area (Å²) in [4.78, 5) is 39.4. The van der Waals surface area contributed by atoms with Crippen molar-refractivity contribution in [2.24, 2.45) is 0 Å². The van der Waals surface area contributed by atoms with Gasteiger partial charge in [0.1, 0.15) is 17.9 Å². The van der Waals surface area contributed by atoms with Gasteiger partial charge in [-0.15, -0.1) is 6.58 Å². The second kappa shape index (κ2) is 11.0. The van der Waals surface area contributed by atoms with Crippen LogP contribution >= 0.6 is 23.2 Å². The van der Waals surface area contributed by atoms with Crippen LogP contribution in [0.3, 0.4) is 0 Å². The number of benzene rings is 3. The highest BCUT2D eigenvalue weighted by Crippen LogP contribution is 2.28. The number of amides is 4. The first-order valence-electron chi connectivity index (χ1n) is 11.5. The average molecular weight is 535 g/mol. The predicted octanol–water partition coefficient (Wildman–Crippen LogP) is 6.58. The maximum atomic E-state index is 13.3. The summed E-state index contributed by atoms with van der Waals surface area (Å²) in [5, 5.41) is 3.31. The number of allylic oxidation sites excluding steroid dienone is 1. The van der Waals surface area contributed by atoms with Crippen molar-refractivity contribution in [3.63, 3.8) is 0 Å². The maximum Gasteiger partial charge on any atom is 0.335 e. The van der Waals surface area contributed by atoms with E-state index in [2.05, 4.69) is 11.9 Å². The van der Waals surface area contributed by atoms with Crippen LogP contribution in [0.5, 0.6) is 5.75 Å². The molecule has 3 aromatic rings. The molecule has 37 heavy (non-hydrogen) atoms. The molecule has 3 aromatic carbocycles. The normalized spacial score (nSPS) is 14.6. The Bertz CT molecular complexity index is 1440. The van der Waals surface area contributed by atoms with Crippen LogP contribution in [0.4, 0.5) is 10.5 Å². The second-order valence-electron chi connectivity index (χ2n) is 8.69. The van der Waals surface area contributed by atoms with E-state index in [9.17, 15) is 14.4 Å². The molecule has 0 radical (unpaired) electrons. The minimum atomic E-state index is -0.783. The van der Waals surface area contributed by atoms with Gasteiger partial charge in [-0.05, 0) is 85.0 Å². The first-order chi connectivity index (χ1) is 17.7. The summed E-state index contributed by atoms with van der Waals surface area (Å²) in [6.45, 7) is 7.78. The highest BCUT2D eigenvalue weighted by molar-refractivity contribution is 6.39. The van der Waals surface area contributed by atoms with Gasteiger partial charge in [0.25, 0.3) is 11.8 Å². The number of nitrogens with zero attached hydrogens (tertiary/aromatic N) is 1. The monoisotopic (exact) mass is 534 g/mol. The molecule has 0 aromatic heterocycles. The van der Waals surface area contributed by atoms with Gasteiger partial charge in [0, 0.05) is 15.6 Å². The van der Waals surface area contributed by atoms with Crippen LogP contribution in [-0.2, 0) is 22.6 Å². The Labute approximate surface area is 225 Å². The fraction of sp³-hybridized carbons (Fsp3) is 0.138. The van der Waals surface area contributed by atoms with E-state index < -0.39 is 17.8 Å². The van der Waals surface area contributed by atoms with Gasteiger partial charge >= 0.3 is 6.03 Å². The molecular weight excluding hydrogens is 511 g/mol. The van der Waals surface area contributed by atoms with Crippen molar-refractivity contribution in [2.75, 3.05) is 4.90 Å². The summed E-state index contributed by atoms with van der Waals surface area (Å²) in [6, 6.07) is 15.1. The van der Waals surface area contributed by atoms with Gasteiger partial charge in [-0.3, -0.25) is 14.9 Å². The lowest BCUT2D eigenvalue weighted by atomic mass is 10.0. The van der Waals surface area contributed by atoms with Gasteiger partial charge in [-0.25, -0.2) is 9.69 Å². The van der Waals surface area contributed by atoms with Gasteiger partial charge in [0.2, 0.25) is 0 Å². The molecule has 188 valence electrons. The summed E-state index contributed by atoms with van der Waals surface area (Å²) < 4.78 is 6.00. The molecule has 4 amide bonds. The molecule has 4 rings (SSSR count). The number of aryl methyl sites for hydroxylation is 2. The lowest BCUT2D eigenvalue weighted by molar-refractivity contribution is -0.122. The van der Waals surface area contributed by atoms with Crippen LogP contribution in [0, 0.1) is 13.8 Å². The third-order valence-corrected chi connectivity index (χ3v) is 6.31. The SMILES string of the molecule is C=CCc1cc(/C=C2\C(=O)NC(=O)N(c3cc(C)cc(C)c3)C2=O)ccc1OCc1ccc(Cl)cc1Cl. The molecule has 0 atom stereocenters. The van der Waals surface area contributed by atoms with Crippen LogP contribution in [-0.4, -0.2) is 17.8 Å². The minimum Gasteiger partial charge on any atom is -0.489 e. The van der Waals surface area contributed by atoms with Gasteiger partial charge < -0.3 is 4.74 Å². The number of carbonyl (C=O) groups excluding carboxylic acids is 3. The fourth-order valence-electron chi connectivity index (χ4n) is 4.08. The zero-order valence-corrected chi connectivity index (χ0v) is 21.8. The first kappa shape index (κ1) is 26.2. The number of carbonyl (C=O) groups is 3.